The lowest BCUT2D eigenvalue weighted by molar-refractivity contribution is -0.199. The molecule has 1 aromatic rings. The van der Waals surface area contributed by atoms with Gasteiger partial charge in [-0.1, -0.05) is 19.9 Å². The number of aryl methyl sites for hydroxylation is 1. The van der Waals surface area contributed by atoms with Crippen molar-refractivity contribution < 1.29 is 42.7 Å². The summed E-state index contributed by atoms with van der Waals surface area (Å²) in [5, 5.41) is 5.16. The Morgan fingerprint density at radius 1 is 1.02 bits per heavy atom. The minimum absolute atomic E-state index is 0.0885. The van der Waals surface area contributed by atoms with Crippen molar-refractivity contribution >= 4 is 31.0 Å². The molecule has 3 aliphatic carbocycles. The summed E-state index contributed by atoms with van der Waals surface area (Å²) in [5.41, 5.74) is 0.633. The van der Waals surface area contributed by atoms with Crippen molar-refractivity contribution in [1.29, 1.82) is 0 Å². The number of hydrogen-bond acceptors (Lipinski definition) is 9. The zero-order valence-corrected chi connectivity index (χ0v) is 31.7. The van der Waals surface area contributed by atoms with E-state index in [9.17, 15) is 19.2 Å². The van der Waals surface area contributed by atoms with Crippen LogP contribution in [-0.2, 0) is 34.8 Å². The highest BCUT2D eigenvalue weighted by atomic mass is 16.7. The highest BCUT2D eigenvalue weighted by Crippen LogP contribution is 2.65. The molecule has 0 aromatic heterocycles. The Morgan fingerprint density at radius 3 is 2.28 bits per heavy atom. The second kappa shape index (κ2) is 13.7. The molecule has 3 saturated carbocycles. The van der Waals surface area contributed by atoms with Gasteiger partial charge in [0.05, 0.1) is 24.8 Å². The Bertz CT molecular complexity index is 1500. The second-order valence-electron chi connectivity index (χ2n) is 17.3. The van der Waals surface area contributed by atoms with Gasteiger partial charge < -0.3 is 39.1 Å². The van der Waals surface area contributed by atoms with Gasteiger partial charge in [-0.25, -0.2) is 9.59 Å². The monoisotopic (exact) mass is 697 g/mol. The topological polar surface area (TPSA) is 142 Å². The van der Waals surface area contributed by atoms with Crippen molar-refractivity contribution in [1.82, 2.24) is 15.5 Å². The Labute approximate surface area is 297 Å². The fourth-order valence-electron chi connectivity index (χ4n) is 8.02. The molecule has 2 heterocycles. The second-order valence-corrected chi connectivity index (χ2v) is 17.3. The standard InChI is InChI=1S/C37H56BN3O9/c1-21-23(14-15-38-49-29-17-24-16-28(36(24,9)10)37(29,11)50-38)12-13-27(30(21)32(44)47-34(3,4)5)46-25-19-41(20-25)31(43)26(18-39-22(2)42)40-33(45)48-35(6,7)8/h12-13,24-26,28-29H,14-20H2,1-11H3,(H,39,42)(H,40,45)/t24-,26+,28-,29+,37-/m0/s1. The molecular formula is C37H56BN3O9. The molecular weight excluding hydrogens is 641 g/mol. The number of amides is 3. The molecule has 0 radical (unpaired) electrons. The molecule has 276 valence electrons. The van der Waals surface area contributed by atoms with Crippen molar-refractivity contribution in [3.63, 3.8) is 0 Å². The van der Waals surface area contributed by atoms with Gasteiger partial charge in [0.2, 0.25) is 11.8 Å². The highest BCUT2D eigenvalue weighted by Gasteiger charge is 2.67. The Balaban J connectivity index is 1.25. The number of nitrogens with zero attached hydrogens (tertiary/aromatic N) is 1. The number of carbonyl (C=O) groups is 4. The lowest BCUT2D eigenvalue weighted by Crippen LogP contribution is -2.65. The number of nitrogens with one attached hydrogen (secondary N) is 2. The lowest BCUT2D eigenvalue weighted by atomic mass is 9.43. The molecule has 50 heavy (non-hydrogen) atoms. The third kappa shape index (κ3) is 8.09. The molecule has 5 atom stereocenters. The van der Waals surface area contributed by atoms with Crippen molar-refractivity contribution in [3.05, 3.63) is 28.8 Å². The number of alkyl carbamates (subject to hydrolysis) is 1. The number of ether oxygens (including phenoxy) is 3. The fourth-order valence-corrected chi connectivity index (χ4v) is 8.02. The third-order valence-corrected chi connectivity index (χ3v) is 10.8. The molecule has 13 heteroatoms. The average Bonchev–Trinajstić information content (AvgIpc) is 3.30. The molecule has 2 N–H and O–H groups in total. The van der Waals surface area contributed by atoms with Crippen LogP contribution in [0, 0.1) is 24.2 Å². The van der Waals surface area contributed by atoms with Gasteiger partial charge in [0.1, 0.15) is 34.7 Å². The van der Waals surface area contributed by atoms with E-state index in [1.165, 1.54) is 18.2 Å². The van der Waals surface area contributed by atoms with Gasteiger partial charge in [-0.3, -0.25) is 9.59 Å². The lowest BCUT2D eigenvalue weighted by Gasteiger charge is -2.64. The van der Waals surface area contributed by atoms with Gasteiger partial charge in [-0.2, -0.15) is 0 Å². The summed E-state index contributed by atoms with van der Waals surface area (Å²) in [4.78, 5) is 52.5. The van der Waals surface area contributed by atoms with Crippen molar-refractivity contribution in [2.24, 2.45) is 17.3 Å². The van der Waals surface area contributed by atoms with E-state index in [4.69, 9.17) is 23.5 Å². The number of hydrogen-bond donors (Lipinski definition) is 2. The first-order valence-corrected chi connectivity index (χ1v) is 18.0. The maximum Gasteiger partial charge on any atom is 0.457 e. The predicted octanol–water partition coefficient (Wildman–Crippen LogP) is 4.84. The van der Waals surface area contributed by atoms with Crippen LogP contribution < -0.4 is 15.4 Å². The predicted molar refractivity (Wildman–Crippen MR) is 188 cm³/mol. The van der Waals surface area contributed by atoms with Crippen molar-refractivity contribution in [2.75, 3.05) is 19.6 Å². The van der Waals surface area contributed by atoms with Crippen LogP contribution in [-0.4, -0.2) is 90.6 Å². The quantitative estimate of drug-likeness (QED) is 0.260. The number of rotatable bonds is 10. The number of esters is 1. The van der Waals surface area contributed by atoms with Crippen LogP contribution in [0.25, 0.3) is 0 Å². The van der Waals surface area contributed by atoms with Gasteiger partial charge in [0, 0.05) is 13.5 Å². The first kappa shape index (κ1) is 37.9. The van der Waals surface area contributed by atoms with Gasteiger partial charge in [0.25, 0.3) is 0 Å². The van der Waals surface area contributed by atoms with E-state index < -0.39 is 35.4 Å². The first-order valence-electron chi connectivity index (χ1n) is 18.0. The van der Waals surface area contributed by atoms with Crippen LogP contribution in [0.1, 0.15) is 104 Å². The summed E-state index contributed by atoms with van der Waals surface area (Å²) < 4.78 is 30.6. The first-order chi connectivity index (χ1) is 23.1. The van der Waals surface area contributed by atoms with Crippen LogP contribution in [0.5, 0.6) is 5.75 Å². The molecule has 6 rings (SSSR count). The van der Waals surface area contributed by atoms with E-state index >= 15 is 0 Å². The van der Waals surface area contributed by atoms with E-state index in [1.807, 2.05) is 33.8 Å². The summed E-state index contributed by atoms with van der Waals surface area (Å²) in [6.07, 6.45) is 2.50. The summed E-state index contributed by atoms with van der Waals surface area (Å²) in [7, 11) is -0.307. The smallest absolute Gasteiger partial charge is 0.457 e. The van der Waals surface area contributed by atoms with Gasteiger partial charge >= 0.3 is 19.2 Å². The van der Waals surface area contributed by atoms with E-state index in [1.54, 1.807) is 26.8 Å². The molecule has 2 bridgehead atoms. The van der Waals surface area contributed by atoms with Crippen LogP contribution in [0.2, 0.25) is 6.32 Å². The Kier molecular flexibility index (Phi) is 10.4. The largest absolute Gasteiger partial charge is 0.486 e. The maximum atomic E-state index is 13.6. The normalized spacial score (nSPS) is 26.2. The van der Waals surface area contributed by atoms with Crippen molar-refractivity contribution in [3.8, 4) is 5.75 Å². The van der Waals surface area contributed by atoms with Crippen molar-refractivity contribution in [2.45, 2.75) is 137 Å². The van der Waals surface area contributed by atoms with Crippen LogP contribution in [0.4, 0.5) is 4.79 Å². The Hall–Kier alpha value is -3.32. The molecule has 2 aliphatic heterocycles. The number of likely N-dealkylation sites (tertiary alicyclic amines) is 1. The van der Waals surface area contributed by atoms with E-state index in [-0.39, 0.29) is 55.7 Å². The highest BCUT2D eigenvalue weighted by molar-refractivity contribution is 6.45. The maximum absolute atomic E-state index is 13.6. The Morgan fingerprint density at radius 2 is 1.68 bits per heavy atom. The number of carbonyl (C=O) groups excluding carboxylic acids is 4. The average molecular weight is 698 g/mol. The fraction of sp³-hybridized carbons (Fsp3) is 0.730. The summed E-state index contributed by atoms with van der Waals surface area (Å²) in [6, 6.07) is 2.74. The third-order valence-electron chi connectivity index (χ3n) is 10.8. The van der Waals surface area contributed by atoms with E-state index in [2.05, 4.69) is 31.4 Å². The minimum atomic E-state index is -1.02. The summed E-state index contributed by atoms with van der Waals surface area (Å²) in [5.74, 6) is 0.359. The molecule has 5 fully saturated rings. The molecule has 0 spiro atoms. The molecule has 5 aliphatic rings. The summed E-state index contributed by atoms with van der Waals surface area (Å²) >= 11 is 0. The minimum Gasteiger partial charge on any atom is -0.486 e. The molecule has 1 aromatic carbocycles. The van der Waals surface area contributed by atoms with Crippen LogP contribution in [0.15, 0.2) is 12.1 Å². The van der Waals surface area contributed by atoms with E-state index in [0.717, 1.165) is 17.5 Å². The molecule has 12 nitrogen and oxygen atoms in total. The van der Waals surface area contributed by atoms with Gasteiger partial charge in [-0.15, -0.1) is 0 Å². The van der Waals surface area contributed by atoms with Crippen LogP contribution >= 0.6 is 0 Å². The molecule has 3 amide bonds. The molecule has 2 saturated heterocycles. The SMILES string of the molecule is CC(=O)NC[C@@H](NC(=O)OC(C)(C)C)C(=O)N1CC(Oc2ccc(CCB3O[C@@H]4C[C@@H]5C[C@@H](C5(C)C)[C@]4(C)O3)c(C)c2C(=O)OC(C)(C)C)C1. The van der Waals surface area contributed by atoms with Gasteiger partial charge in [0.15, 0.2) is 0 Å². The molecule has 0 unspecified atom stereocenters. The zero-order chi connectivity index (χ0) is 37.0. The van der Waals surface area contributed by atoms with Crippen LogP contribution in [0.3, 0.4) is 0 Å². The number of benzene rings is 1. The zero-order valence-electron chi connectivity index (χ0n) is 31.7. The van der Waals surface area contributed by atoms with Gasteiger partial charge in [-0.05, 0) is 115 Å². The summed E-state index contributed by atoms with van der Waals surface area (Å²) in [6.45, 7) is 21.2. The van der Waals surface area contributed by atoms with E-state index in [0.29, 0.717) is 35.9 Å².